The number of morpholine rings is 1. The van der Waals surface area contributed by atoms with Gasteiger partial charge in [0.25, 0.3) is 0 Å². The second-order valence-electron chi connectivity index (χ2n) is 8.99. The molecule has 6 rings (SSSR count). The van der Waals surface area contributed by atoms with Gasteiger partial charge in [0.2, 0.25) is 0 Å². The predicted molar refractivity (Wildman–Crippen MR) is 143 cm³/mol. The number of nitrogens with zero attached hydrogens (tertiary/aromatic N) is 3. The van der Waals surface area contributed by atoms with E-state index in [1.807, 2.05) is 23.9 Å². The molecular weight excluding hydrogens is 466 g/mol. The van der Waals surface area contributed by atoms with E-state index in [0.717, 1.165) is 85.6 Å². The summed E-state index contributed by atoms with van der Waals surface area (Å²) in [4.78, 5) is 22.0. The van der Waals surface area contributed by atoms with Gasteiger partial charge in [-0.1, -0.05) is 23.5 Å². The number of nitrogens with one attached hydrogen (secondary N) is 2. The summed E-state index contributed by atoms with van der Waals surface area (Å²) in [7, 11) is 0. The zero-order valence-corrected chi connectivity index (χ0v) is 20.7. The highest BCUT2D eigenvalue weighted by Crippen LogP contribution is 2.39. The fourth-order valence-corrected chi connectivity index (χ4v) is 6.41. The van der Waals surface area contributed by atoms with Crippen LogP contribution in [-0.2, 0) is 4.74 Å². The number of hydrogen-bond donors (Lipinski definition) is 2. The summed E-state index contributed by atoms with van der Waals surface area (Å²) in [6.45, 7) is 5.41. The molecule has 0 unspecified atom stereocenters. The van der Waals surface area contributed by atoms with Crippen molar-refractivity contribution in [1.29, 1.82) is 0 Å². The maximum atomic E-state index is 12.1. The van der Waals surface area contributed by atoms with Gasteiger partial charge in [-0.3, -0.25) is 0 Å². The number of carbonyl (C=O) groups is 1. The number of thioether (sulfide) groups is 1. The van der Waals surface area contributed by atoms with Gasteiger partial charge in [-0.15, -0.1) is 0 Å². The fourth-order valence-electron chi connectivity index (χ4n) is 4.43. The van der Waals surface area contributed by atoms with Crippen LogP contribution in [0.3, 0.4) is 0 Å². The molecule has 9 heteroatoms. The van der Waals surface area contributed by atoms with E-state index in [4.69, 9.17) is 9.72 Å². The second-order valence-corrected chi connectivity index (χ2v) is 11.2. The lowest BCUT2D eigenvalue weighted by atomic mass is 10.0. The Balaban J connectivity index is 1.31. The molecule has 2 N–H and O–H groups in total. The van der Waals surface area contributed by atoms with Crippen molar-refractivity contribution >= 4 is 55.9 Å². The molecule has 3 fully saturated rings. The van der Waals surface area contributed by atoms with Crippen LogP contribution in [0.5, 0.6) is 0 Å². The summed E-state index contributed by atoms with van der Waals surface area (Å²) in [5.74, 6) is 2.30. The van der Waals surface area contributed by atoms with E-state index in [1.165, 1.54) is 16.0 Å². The molecule has 1 aromatic heterocycles. The molecule has 0 bridgehead atoms. The Hall–Kier alpha value is -2.49. The third-order valence-electron chi connectivity index (χ3n) is 6.49. The molecule has 2 aromatic carbocycles. The molecule has 0 atom stereocenters. The largest absolute Gasteiger partial charge is 0.378 e. The van der Waals surface area contributed by atoms with E-state index in [9.17, 15) is 4.79 Å². The maximum absolute atomic E-state index is 12.1. The molecular formula is C25H29N5O2S2. The summed E-state index contributed by atoms with van der Waals surface area (Å²) in [5.41, 5.74) is 5.48. The van der Waals surface area contributed by atoms with Crippen molar-refractivity contribution in [2.45, 2.75) is 18.9 Å². The zero-order chi connectivity index (χ0) is 22.9. The number of carbonyl (C=O) groups excluding carboxylic acids is 1. The Morgan fingerprint density at radius 1 is 0.971 bits per heavy atom. The molecule has 2 aliphatic heterocycles. The number of thiazole rings is 1. The molecule has 3 aliphatic rings. The molecule has 34 heavy (non-hydrogen) atoms. The van der Waals surface area contributed by atoms with E-state index in [2.05, 4.69) is 44.7 Å². The van der Waals surface area contributed by atoms with Gasteiger partial charge in [-0.25, -0.2) is 9.78 Å². The highest BCUT2D eigenvalue weighted by atomic mass is 32.2. The number of rotatable bonds is 5. The summed E-state index contributed by atoms with van der Waals surface area (Å²) >= 11 is 3.80. The first-order valence-corrected chi connectivity index (χ1v) is 14.0. The third-order valence-corrected chi connectivity index (χ3v) is 8.49. The number of benzene rings is 2. The van der Waals surface area contributed by atoms with Crippen LogP contribution >= 0.6 is 23.1 Å². The standard InChI is InChI=1S/C25H29N5O2S2/c31-24(27-20-5-6-20)26-19-3-1-17(2-4-19)18-15-21(29-9-13-33-14-10-29)23-22(16-18)34-25(28-23)30-7-11-32-12-8-30/h1-4,15-16,20H,5-14H2,(H2,26,27,31). The molecule has 1 aliphatic carbocycles. The van der Waals surface area contributed by atoms with Crippen molar-refractivity contribution in [1.82, 2.24) is 10.3 Å². The lowest BCUT2D eigenvalue weighted by molar-refractivity contribution is 0.122. The molecule has 2 amide bonds. The van der Waals surface area contributed by atoms with Crippen LogP contribution in [0.25, 0.3) is 21.3 Å². The fraction of sp³-hybridized carbons (Fsp3) is 0.440. The van der Waals surface area contributed by atoms with Crippen LogP contribution in [0, 0.1) is 0 Å². The van der Waals surface area contributed by atoms with Gasteiger partial charge < -0.3 is 25.2 Å². The van der Waals surface area contributed by atoms with Gasteiger partial charge in [-0.2, -0.15) is 11.8 Å². The molecule has 1 saturated carbocycles. The summed E-state index contributed by atoms with van der Waals surface area (Å²) < 4.78 is 6.76. The Morgan fingerprint density at radius 3 is 2.47 bits per heavy atom. The summed E-state index contributed by atoms with van der Waals surface area (Å²) in [6, 6.07) is 12.9. The first-order valence-electron chi connectivity index (χ1n) is 12.0. The SMILES string of the molecule is O=C(Nc1ccc(-c2cc(N3CCSCC3)c3nc(N4CCOCC4)sc3c2)cc1)NC1CC1. The van der Waals surface area contributed by atoms with E-state index in [1.54, 1.807) is 11.3 Å². The average molecular weight is 496 g/mol. The molecule has 178 valence electrons. The van der Waals surface area contributed by atoms with Gasteiger partial charge in [0, 0.05) is 49.4 Å². The Bertz CT molecular complexity index is 1170. The van der Waals surface area contributed by atoms with Crippen LogP contribution < -0.4 is 20.4 Å². The highest BCUT2D eigenvalue weighted by molar-refractivity contribution is 7.99. The van der Waals surface area contributed by atoms with Crippen molar-refractivity contribution < 1.29 is 9.53 Å². The molecule has 7 nitrogen and oxygen atoms in total. The van der Waals surface area contributed by atoms with Gasteiger partial charge >= 0.3 is 6.03 Å². The Morgan fingerprint density at radius 2 is 1.74 bits per heavy atom. The number of hydrogen-bond acceptors (Lipinski definition) is 7. The minimum absolute atomic E-state index is 0.123. The topological polar surface area (TPSA) is 69.7 Å². The molecule has 3 aromatic rings. The minimum Gasteiger partial charge on any atom is -0.378 e. The maximum Gasteiger partial charge on any atom is 0.319 e. The van der Waals surface area contributed by atoms with Crippen LogP contribution in [0.2, 0.25) is 0 Å². The van der Waals surface area contributed by atoms with Crippen molar-refractivity contribution in [3.8, 4) is 11.1 Å². The Labute approximate surface area is 207 Å². The molecule has 2 saturated heterocycles. The van der Waals surface area contributed by atoms with E-state index < -0.39 is 0 Å². The first-order chi connectivity index (χ1) is 16.7. The lowest BCUT2D eigenvalue weighted by Crippen LogP contribution is -2.36. The third kappa shape index (κ3) is 4.82. The van der Waals surface area contributed by atoms with Crippen LogP contribution in [0.4, 0.5) is 21.3 Å². The number of ether oxygens (including phenoxy) is 1. The number of urea groups is 1. The molecule has 0 spiro atoms. The van der Waals surface area contributed by atoms with E-state index in [-0.39, 0.29) is 6.03 Å². The Kier molecular flexibility index (Phi) is 6.24. The minimum atomic E-state index is -0.123. The van der Waals surface area contributed by atoms with E-state index >= 15 is 0 Å². The highest BCUT2D eigenvalue weighted by Gasteiger charge is 2.23. The smallest absolute Gasteiger partial charge is 0.319 e. The quantitative estimate of drug-likeness (QED) is 0.538. The van der Waals surface area contributed by atoms with Crippen molar-refractivity contribution in [2.24, 2.45) is 0 Å². The molecule has 3 heterocycles. The van der Waals surface area contributed by atoms with Crippen LogP contribution in [0.1, 0.15) is 12.8 Å². The van der Waals surface area contributed by atoms with Gasteiger partial charge in [0.15, 0.2) is 5.13 Å². The van der Waals surface area contributed by atoms with E-state index in [0.29, 0.717) is 6.04 Å². The van der Waals surface area contributed by atoms with Crippen molar-refractivity contribution in [3.63, 3.8) is 0 Å². The van der Waals surface area contributed by atoms with Crippen molar-refractivity contribution in [2.75, 3.05) is 66.0 Å². The summed E-state index contributed by atoms with van der Waals surface area (Å²) in [6.07, 6.45) is 2.16. The van der Waals surface area contributed by atoms with Crippen LogP contribution in [0.15, 0.2) is 36.4 Å². The van der Waals surface area contributed by atoms with Crippen molar-refractivity contribution in [3.05, 3.63) is 36.4 Å². The molecule has 0 radical (unpaired) electrons. The lowest BCUT2D eigenvalue weighted by Gasteiger charge is -2.29. The van der Waals surface area contributed by atoms with Gasteiger partial charge in [-0.05, 0) is 48.2 Å². The normalized spacial score (nSPS) is 18.8. The van der Waals surface area contributed by atoms with Gasteiger partial charge in [0.05, 0.1) is 23.6 Å². The average Bonchev–Trinajstić information content (AvgIpc) is 3.58. The number of anilines is 3. The zero-order valence-electron chi connectivity index (χ0n) is 19.1. The second kappa shape index (κ2) is 9.64. The summed E-state index contributed by atoms with van der Waals surface area (Å²) in [5, 5.41) is 6.99. The number of aromatic nitrogens is 1. The van der Waals surface area contributed by atoms with Crippen LogP contribution in [-0.4, -0.2) is 68.0 Å². The van der Waals surface area contributed by atoms with Gasteiger partial charge in [0.1, 0.15) is 5.52 Å². The number of fused-ring (bicyclic) bond motifs is 1. The first kappa shape index (κ1) is 22.0. The number of amides is 2. The predicted octanol–water partition coefficient (Wildman–Crippen LogP) is 4.64. The monoisotopic (exact) mass is 495 g/mol.